The lowest BCUT2D eigenvalue weighted by atomic mass is 10.2. The summed E-state index contributed by atoms with van der Waals surface area (Å²) in [6.45, 7) is 6.12. The maximum Gasteiger partial charge on any atom is 0.0635 e. The Balaban J connectivity index is 1.87. The van der Waals surface area contributed by atoms with Crippen molar-refractivity contribution < 1.29 is 4.74 Å². The fourth-order valence-electron chi connectivity index (χ4n) is 2.15. The van der Waals surface area contributed by atoms with Gasteiger partial charge in [-0.1, -0.05) is 0 Å². The molecule has 0 aromatic heterocycles. The summed E-state index contributed by atoms with van der Waals surface area (Å²) in [7, 11) is 3.90. The lowest BCUT2D eigenvalue weighted by Gasteiger charge is -2.34. The van der Waals surface area contributed by atoms with E-state index in [0.29, 0.717) is 0 Å². The van der Waals surface area contributed by atoms with Crippen molar-refractivity contribution in [1.29, 1.82) is 0 Å². The molecule has 1 fully saturated rings. The van der Waals surface area contributed by atoms with E-state index in [1.165, 1.54) is 5.69 Å². The molecule has 0 bridgehead atoms. The van der Waals surface area contributed by atoms with Gasteiger partial charge < -0.3 is 19.9 Å². The van der Waals surface area contributed by atoms with Crippen LogP contribution in [0.4, 0.5) is 11.4 Å². The Morgan fingerprint density at radius 3 is 2.39 bits per heavy atom. The Bertz CT molecular complexity index is 345. The minimum atomic E-state index is 0.736. The largest absolute Gasteiger partial charge is 0.383 e. The predicted octanol–water partition coefficient (Wildman–Crippen LogP) is 1.50. The van der Waals surface area contributed by atoms with E-state index in [2.05, 4.69) is 46.4 Å². The fourth-order valence-corrected chi connectivity index (χ4v) is 2.15. The molecule has 1 aliphatic heterocycles. The highest BCUT2D eigenvalue weighted by Crippen LogP contribution is 2.19. The van der Waals surface area contributed by atoms with Crippen LogP contribution in [-0.2, 0) is 4.74 Å². The number of methoxy groups -OCH3 is 1. The van der Waals surface area contributed by atoms with E-state index < -0.39 is 0 Å². The number of ether oxygens (including phenoxy) is 1. The number of nitrogens with one attached hydrogen (secondary N) is 1. The SMILES string of the molecule is COCCNc1ccc(N2CCN(C)CC2)cc1. The number of piperazine rings is 1. The van der Waals surface area contributed by atoms with E-state index in [0.717, 1.165) is 45.0 Å². The van der Waals surface area contributed by atoms with Gasteiger partial charge in [0.15, 0.2) is 0 Å². The molecule has 1 aromatic carbocycles. The van der Waals surface area contributed by atoms with E-state index >= 15 is 0 Å². The van der Waals surface area contributed by atoms with Gasteiger partial charge in [-0.05, 0) is 31.3 Å². The highest BCUT2D eigenvalue weighted by Gasteiger charge is 2.13. The summed E-state index contributed by atoms with van der Waals surface area (Å²) in [4.78, 5) is 4.82. The Morgan fingerprint density at radius 1 is 1.11 bits per heavy atom. The van der Waals surface area contributed by atoms with E-state index in [4.69, 9.17) is 4.74 Å². The van der Waals surface area contributed by atoms with Crippen LogP contribution in [0.5, 0.6) is 0 Å². The molecular formula is C14H23N3O. The van der Waals surface area contributed by atoms with Crippen molar-refractivity contribution in [2.24, 2.45) is 0 Å². The third-order valence-electron chi connectivity index (χ3n) is 3.37. The van der Waals surface area contributed by atoms with Gasteiger partial charge in [-0.2, -0.15) is 0 Å². The summed E-state index contributed by atoms with van der Waals surface area (Å²) in [5.41, 5.74) is 2.48. The average molecular weight is 249 g/mol. The van der Waals surface area contributed by atoms with Gasteiger partial charge in [0.2, 0.25) is 0 Å². The molecule has 1 saturated heterocycles. The number of hydrogen-bond donors (Lipinski definition) is 1. The molecule has 0 saturated carbocycles. The Hall–Kier alpha value is -1.26. The van der Waals surface area contributed by atoms with Crippen molar-refractivity contribution >= 4 is 11.4 Å². The minimum Gasteiger partial charge on any atom is -0.383 e. The van der Waals surface area contributed by atoms with Gasteiger partial charge in [0, 0.05) is 51.2 Å². The van der Waals surface area contributed by atoms with Crippen molar-refractivity contribution in [2.45, 2.75) is 0 Å². The summed E-state index contributed by atoms with van der Waals surface area (Å²) >= 11 is 0. The molecule has 1 aliphatic rings. The third kappa shape index (κ3) is 3.62. The number of nitrogens with zero attached hydrogens (tertiary/aromatic N) is 2. The molecular weight excluding hydrogens is 226 g/mol. The zero-order valence-electron chi connectivity index (χ0n) is 11.4. The monoisotopic (exact) mass is 249 g/mol. The zero-order valence-corrected chi connectivity index (χ0v) is 11.4. The van der Waals surface area contributed by atoms with Crippen LogP contribution in [0.1, 0.15) is 0 Å². The van der Waals surface area contributed by atoms with Gasteiger partial charge in [0.05, 0.1) is 6.61 Å². The van der Waals surface area contributed by atoms with Crippen LogP contribution < -0.4 is 10.2 Å². The molecule has 2 rings (SSSR count). The van der Waals surface area contributed by atoms with Gasteiger partial charge in [-0.25, -0.2) is 0 Å². The smallest absolute Gasteiger partial charge is 0.0635 e. The summed E-state index contributed by atoms with van der Waals surface area (Å²) in [6.07, 6.45) is 0. The standard InChI is InChI=1S/C14H23N3O/c1-16-8-10-17(11-9-16)14-5-3-13(4-6-14)15-7-12-18-2/h3-6,15H,7-12H2,1-2H3. The first kappa shape index (κ1) is 13.2. The number of anilines is 2. The summed E-state index contributed by atoms with van der Waals surface area (Å²) in [5, 5.41) is 3.33. The van der Waals surface area contributed by atoms with Crippen LogP contribution in [0.3, 0.4) is 0 Å². The van der Waals surface area contributed by atoms with Crippen LogP contribution in [0.15, 0.2) is 24.3 Å². The molecule has 0 aliphatic carbocycles. The topological polar surface area (TPSA) is 27.7 Å². The number of benzene rings is 1. The van der Waals surface area contributed by atoms with Crippen molar-refractivity contribution in [3.63, 3.8) is 0 Å². The second kappa shape index (κ2) is 6.61. The highest BCUT2D eigenvalue weighted by atomic mass is 16.5. The maximum atomic E-state index is 5.02. The lowest BCUT2D eigenvalue weighted by molar-refractivity contribution is 0.211. The van der Waals surface area contributed by atoms with Crippen LogP contribution in [-0.4, -0.2) is 58.4 Å². The van der Waals surface area contributed by atoms with E-state index in [1.807, 2.05) is 0 Å². The zero-order chi connectivity index (χ0) is 12.8. The van der Waals surface area contributed by atoms with Gasteiger partial charge in [-0.3, -0.25) is 0 Å². The molecule has 0 unspecified atom stereocenters. The Kier molecular flexibility index (Phi) is 4.84. The molecule has 1 aromatic rings. The third-order valence-corrected chi connectivity index (χ3v) is 3.37. The molecule has 4 nitrogen and oxygen atoms in total. The van der Waals surface area contributed by atoms with Gasteiger partial charge >= 0.3 is 0 Å². The summed E-state index contributed by atoms with van der Waals surface area (Å²) in [6, 6.07) is 8.67. The second-order valence-electron chi connectivity index (χ2n) is 4.76. The molecule has 4 heteroatoms. The van der Waals surface area contributed by atoms with Crippen molar-refractivity contribution in [2.75, 3.05) is 63.7 Å². The number of likely N-dealkylation sites (N-methyl/N-ethyl adjacent to an activating group) is 1. The molecule has 0 amide bonds. The normalized spacial score (nSPS) is 16.9. The fraction of sp³-hybridized carbons (Fsp3) is 0.571. The van der Waals surface area contributed by atoms with E-state index in [-0.39, 0.29) is 0 Å². The molecule has 1 N–H and O–H groups in total. The van der Waals surface area contributed by atoms with E-state index in [9.17, 15) is 0 Å². The highest BCUT2D eigenvalue weighted by molar-refractivity contribution is 5.55. The van der Waals surface area contributed by atoms with Gasteiger partial charge in [0.25, 0.3) is 0 Å². The number of rotatable bonds is 5. The summed E-state index contributed by atoms with van der Waals surface area (Å²) < 4.78 is 5.02. The van der Waals surface area contributed by atoms with Crippen LogP contribution >= 0.6 is 0 Å². The van der Waals surface area contributed by atoms with Crippen molar-refractivity contribution in [1.82, 2.24) is 4.90 Å². The number of hydrogen-bond acceptors (Lipinski definition) is 4. The maximum absolute atomic E-state index is 5.02. The summed E-state index contributed by atoms with van der Waals surface area (Å²) in [5.74, 6) is 0. The first-order valence-corrected chi connectivity index (χ1v) is 6.56. The molecule has 1 heterocycles. The predicted molar refractivity (Wildman–Crippen MR) is 76.5 cm³/mol. The van der Waals surface area contributed by atoms with Crippen molar-refractivity contribution in [3.05, 3.63) is 24.3 Å². The van der Waals surface area contributed by atoms with E-state index in [1.54, 1.807) is 7.11 Å². The lowest BCUT2D eigenvalue weighted by Crippen LogP contribution is -2.44. The Labute approximate surface area is 110 Å². The second-order valence-corrected chi connectivity index (χ2v) is 4.76. The van der Waals surface area contributed by atoms with Crippen molar-refractivity contribution in [3.8, 4) is 0 Å². The van der Waals surface area contributed by atoms with Crippen LogP contribution in [0, 0.1) is 0 Å². The molecule has 0 radical (unpaired) electrons. The van der Waals surface area contributed by atoms with Crippen LogP contribution in [0.25, 0.3) is 0 Å². The average Bonchev–Trinajstić information content (AvgIpc) is 2.41. The molecule has 18 heavy (non-hydrogen) atoms. The van der Waals surface area contributed by atoms with Gasteiger partial charge in [-0.15, -0.1) is 0 Å². The first-order chi connectivity index (χ1) is 8.79. The van der Waals surface area contributed by atoms with Gasteiger partial charge in [0.1, 0.15) is 0 Å². The first-order valence-electron chi connectivity index (χ1n) is 6.56. The molecule has 0 spiro atoms. The molecule has 0 atom stereocenters. The molecule has 100 valence electrons. The quantitative estimate of drug-likeness (QED) is 0.800. The van der Waals surface area contributed by atoms with Crippen LogP contribution in [0.2, 0.25) is 0 Å². The Morgan fingerprint density at radius 2 is 1.78 bits per heavy atom. The minimum absolute atomic E-state index is 0.736.